The van der Waals surface area contributed by atoms with E-state index in [0.29, 0.717) is 0 Å². The van der Waals surface area contributed by atoms with Gasteiger partial charge in [-0.05, 0) is 29.3 Å². The standard InChI is InChI=1S/C21H18N2O2S/c1-3-11-22-20(24)14-26-21-13-18(15-7-5-4-6-8-15)17-10-9-16(25-2)12-19(17)23-21/h1,4-10,12-13H,11,14H2,2H3,(H,22,24). The van der Waals surface area contributed by atoms with E-state index in [0.717, 1.165) is 32.8 Å². The van der Waals surface area contributed by atoms with E-state index in [-0.39, 0.29) is 18.2 Å². The molecule has 1 aromatic heterocycles. The van der Waals surface area contributed by atoms with Gasteiger partial charge in [-0.1, -0.05) is 48.0 Å². The minimum absolute atomic E-state index is 0.109. The van der Waals surface area contributed by atoms with E-state index in [1.54, 1.807) is 7.11 Å². The molecule has 26 heavy (non-hydrogen) atoms. The Bertz CT molecular complexity index is 965. The number of terminal acetylenes is 1. The van der Waals surface area contributed by atoms with Crippen molar-refractivity contribution in [3.05, 3.63) is 54.6 Å². The van der Waals surface area contributed by atoms with Crippen molar-refractivity contribution < 1.29 is 9.53 Å². The fraction of sp³-hybridized carbons (Fsp3) is 0.143. The van der Waals surface area contributed by atoms with Gasteiger partial charge in [0, 0.05) is 11.5 Å². The van der Waals surface area contributed by atoms with E-state index < -0.39 is 0 Å². The van der Waals surface area contributed by atoms with Gasteiger partial charge in [-0.2, -0.15) is 0 Å². The van der Waals surface area contributed by atoms with Gasteiger partial charge in [-0.3, -0.25) is 4.79 Å². The zero-order valence-corrected chi connectivity index (χ0v) is 15.2. The number of carbonyl (C=O) groups excluding carboxylic acids is 1. The molecule has 0 saturated heterocycles. The SMILES string of the molecule is C#CCNC(=O)CSc1cc(-c2ccccc2)c2ccc(OC)cc2n1. The lowest BCUT2D eigenvalue weighted by molar-refractivity contribution is -0.118. The monoisotopic (exact) mass is 362 g/mol. The molecule has 3 aromatic rings. The molecule has 1 N–H and O–H groups in total. The van der Waals surface area contributed by atoms with Gasteiger partial charge in [0.25, 0.3) is 0 Å². The van der Waals surface area contributed by atoms with Crippen LogP contribution in [0, 0.1) is 12.3 Å². The molecule has 0 aliphatic heterocycles. The first-order chi connectivity index (χ1) is 12.7. The average molecular weight is 362 g/mol. The highest BCUT2D eigenvalue weighted by Crippen LogP contribution is 2.33. The van der Waals surface area contributed by atoms with Crippen molar-refractivity contribution in [2.45, 2.75) is 5.03 Å². The maximum absolute atomic E-state index is 11.8. The molecule has 0 aliphatic rings. The maximum Gasteiger partial charge on any atom is 0.231 e. The van der Waals surface area contributed by atoms with E-state index in [9.17, 15) is 4.79 Å². The average Bonchev–Trinajstić information content (AvgIpc) is 2.70. The Hall–Kier alpha value is -2.97. The van der Waals surface area contributed by atoms with E-state index in [1.807, 2.05) is 42.5 Å². The molecule has 1 heterocycles. The first kappa shape index (κ1) is 17.8. The Balaban J connectivity index is 1.98. The van der Waals surface area contributed by atoms with Crippen molar-refractivity contribution in [2.75, 3.05) is 19.4 Å². The molecule has 0 atom stereocenters. The van der Waals surface area contributed by atoms with Crippen LogP contribution in [-0.2, 0) is 4.79 Å². The topological polar surface area (TPSA) is 51.2 Å². The number of aromatic nitrogens is 1. The van der Waals surface area contributed by atoms with Gasteiger partial charge in [0.1, 0.15) is 5.75 Å². The molecule has 0 unspecified atom stereocenters. The summed E-state index contributed by atoms with van der Waals surface area (Å²) in [6.07, 6.45) is 5.16. The van der Waals surface area contributed by atoms with Crippen LogP contribution >= 0.6 is 11.8 Å². The van der Waals surface area contributed by atoms with Crippen LogP contribution in [0.4, 0.5) is 0 Å². The van der Waals surface area contributed by atoms with Gasteiger partial charge < -0.3 is 10.1 Å². The predicted molar refractivity (Wildman–Crippen MR) is 106 cm³/mol. The third kappa shape index (κ3) is 4.16. The second-order valence-corrected chi connectivity index (χ2v) is 6.52. The number of nitrogens with zero attached hydrogens (tertiary/aromatic N) is 1. The van der Waals surface area contributed by atoms with E-state index >= 15 is 0 Å². The molecular formula is C21H18N2O2S. The molecule has 2 aromatic carbocycles. The number of amides is 1. The minimum Gasteiger partial charge on any atom is -0.497 e. The first-order valence-electron chi connectivity index (χ1n) is 8.08. The van der Waals surface area contributed by atoms with Crippen LogP contribution < -0.4 is 10.1 Å². The summed E-state index contributed by atoms with van der Waals surface area (Å²) in [4.78, 5) is 16.5. The second kappa shape index (κ2) is 8.41. The minimum atomic E-state index is -0.109. The number of nitrogens with one attached hydrogen (secondary N) is 1. The van der Waals surface area contributed by atoms with Gasteiger partial charge in [-0.15, -0.1) is 6.42 Å². The summed E-state index contributed by atoms with van der Waals surface area (Å²) in [6, 6.07) is 18.0. The highest BCUT2D eigenvalue weighted by molar-refractivity contribution is 7.99. The fourth-order valence-corrected chi connectivity index (χ4v) is 3.33. The highest BCUT2D eigenvalue weighted by Gasteiger charge is 2.11. The number of methoxy groups -OCH3 is 1. The summed E-state index contributed by atoms with van der Waals surface area (Å²) in [5.41, 5.74) is 3.01. The molecule has 0 saturated carbocycles. The molecule has 0 bridgehead atoms. The Morgan fingerprint density at radius 2 is 2.04 bits per heavy atom. The maximum atomic E-state index is 11.8. The number of fused-ring (bicyclic) bond motifs is 1. The second-order valence-electron chi connectivity index (χ2n) is 5.53. The zero-order valence-electron chi connectivity index (χ0n) is 14.4. The highest BCUT2D eigenvalue weighted by atomic mass is 32.2. The van der Waals surface area contributed by atoms with Gasteiger partial charge in [-0.25, -0.2) is 4.98 Å². The van der Waals surface area contributed by atoms with Gasteiger partial charge >= 0.3 is 0 Å². The summed E-state index contributed by atoms with van der Waals surface area (Å²) < 4.78 is 5.32. The Morgan fingerprint density at radius 1 is 1.23 bits per heavy atom. The third-order valence-corrected chi connectivity index (χ3v) is 4.73. The molecule has 130 valence electrons. The number of rotatable bonds is 6. The lowest BCUT2D eigenvalue weighted by Crippen LogP contribution is -2.25. The van der Waals surface area contributed by atoms with Crippen molar-refractivity contribution in [2.24, 2.45) is 0 Å². The molecule has 0 fully saturated rings. The van der Waals surface area contributed by atoms with Crippen molar-refractivity contribution in [3.8, 4) is 29.2 Å². The summed E-state index contributed by atoms with van der Waals surface area (Å²) in [6.45, 7) is 0.233. The van der Waals surface area contributed by atoms with Crippen LogP contribution in [0.5, 0.6) is 5.75 Å². The summed E-state index contributed by atoms with van der Waals surface area (Å²) in [5, 5.41) is 4.48. The molecule has 0 spiro atoms. The number of ether oxygens (including phenoxy) is 1. The molecular weight excluding hydrogens is 344 g/mol. The Kier molecular flexibility index (Phi) is 5.77. The Labute approximate surface area is 157 Å². The summed E-state index contributed by atoms with van der Waals surface area (Å²) in [5.74, 6) is 3.29. The molecule has 5 heteroatoms. The number of thioether (sulfide) groups is 1. The number of hydrogen-bond donors (Lipinski definition) is 1. The lowest BCUT2D eigenvalue weighted by atomic mass is 10.0. The largest absolute Gasteiger partial charge is 0.497 e. The molecule has 4 nitrogen and oxygen atoms in total. The third-order valence-electron chi connectivity index (χ3n) is 3.82. The van der Waals surface area contributed by atoms with Gasteiger partial charge in [0.05, 0.1) is 30.0 Å². The number of hydrogen-bond acceptors (Lipinski definition) is 4. The van der Waals surface area contributed by atoms with Crippen LogP contribution in [0.2, 0.25) is 0 Å². The van der Waals surface area contributed by atoms with Crippen LogP contribution in [0.25, 0.3) is 22.0 Å². The normalized spacial score (nSPS) is 10.3. The van der Waals surface area contributed by atoms with Crippen molar-refractivity contribution in [3.63, 3.8) is 0 Å². The summed E-state index contributed by atoms with van der Waals surface area (Å²) in [7, 11) is 1.63. The summed E-state index contributed by atoms with van der Waals surface area (Å²) >= 11 is 1.38. The fourth-order valence-electron chi connectivity index (χ4n) is 2.58. The Morgan fingerprint density at radius 3 is 2.77 bits per heavy atom. The number of carbonyl (C=O) groups is 1. The van der Waals surface area contributed by atoms with E-state index in [1.165, 1.54) is 11.8 Å². The van der Waals surface area contributed by atoms with Crippen LogP contribution in [0.15, 0.2) is 59.6 Å². The quantitative estimate of drug-likeness (QED) is 0.536. The van der Waals surface area contributed by atoms with Crippen molar-refractivity contribution >= 4 is 28.6 Å². The first-order valence-corrected chi connectivity index (χ1v) is 9.07. The number of benzene rings is 2. The molecule has 3 rings (SSSR count). The van der Waals surface area contributed by atoms with Crippen LogP contribution in [-0.4, -0.2) is 30.3 Å². The van der Waals surface area contributed by atoms with Crippen molar-refractivity contribution in [1.29, 1.82) is 0 Å². The zero-order chi connectivity index (χ0) is 18.4. The van der Waals surface area contributed by atoms with Gasteiger partial charge in [0.15, 0.2) is 0 Å². The van der Waals surface area contributed by atoms with Crippen molar-refractivity contribution in [1.82, 2.24) is 10.3 Å². The van der Waals surface area contributed by atoms with E-state index in [2.05, 4.69) is 28.4 Å². The smallest absolute Gasteiger partial charge is 0.231 e. The van der Waals surface area contributed by atoms with Crippen LogP contribution in [0.1, 0.15) is 0 Å². The van der Waals surface area contributed by atoms with Crippen LogP contribution in [0.3, 0.4) is 0 Å². The number of pyridine rings is 1. The molecule has 1 amide bonds. The molecule has 0 aliphatic carbocycles. The predicted octanol–water partition coefficient (Wildman–Crippen LogP) is 3.75. The van der Waals surface area contributed by atoms with E-state index in [4.69, 9.17) is 11.2 Å². The lowest BCUT2D eigenvalue weighted by Gasteiger charge is -2.11. The van der Waals surface area contributed by atoms with Gasteiger partial charge in [0.2, 0.25) is 5.91 Å². The molecule has 0 radical (unpaired) electrons.